The molecule has 108 heavy (non-hydrogen) atoms. The summed E-state index contributed by atoms with van der Waals surface area (Å²) in [5.41, 5.74) is 19.3. The number of aromatic nitrogens is 4. The molecule has 0 atom stereocenters. The van der Waals surface area contributed by atoms with Gasteiger partial charge in [0.2, 0.25) is 0 Å². The monoisotopic (exact) mass is 1440 g/mol. The van der Waals surface area contributed by atoms with Crippen molar-refractivity contribution in [1.82, 2.24) is 19.9 Å². The van der Waals surface area contributed by atoms with Crippen molar-refractivity contribution in [1.29, 1.82) is 0 Å². The zero-order valence-corrected chi connectivity index (χ0v) is 61.3. The molecule has 0 bridgehead atoms. The van der Waals surface area contributed by atoms with Gasteiger partial charge in [0.1, 0.15) is 0 Å². The zero-order valence-electron chi connectivity index (χ0n) is 58.1. The average molecular weight is 1450 g/mol. The van der Waals surface area contributed by atoms with Gasteiger partial charge < -0.3 is 0 Å². The predicted octanol–water partition coefficient (Wildman–Crippen LogP) is 29.4. The first-order valence-corrected chi connectivity index (χ1v) is 39.5. The lowest BCUT2D eigenvalue weighted by Gasteiger charge is -2.15. The SMILES string of the molecule is c1ccc(-c2nc(-c3cc(-c4ccc5c(c4)sc4ccccc45)cc(-c4ccc5c(c4)sc4ccccc45)c3)cc(-c3ccc4ccccc4c3)n2)cc1.c1ccc(-c2nc(-c3cc(-c4cccc5sc6ccccc6c45)cc(-c4cccc5sc6ccccc6c45)c3)cc(-c3cccc4ccccc34)n2)cc1. The van der Waals surface area contributed by atoms with Gasteiger partial charge in [-0.05, 0) is 169 Å². The van der Waals surface area contributed by atoms with Gasteiger partial charge in [0.15, 0.2) is 11.6 Å². The minimum absolute atomic E-state index is 0.708. The zero-order chi connectivity index (χ0) is 71.2. The molecule has 22 rings (SSSR count). The van der Waals surface area contributed by atoms with Gasteiger partial charge in [-0.2, -0.15) is 0 Å². The molecule has 0 radical (unpaired) electrons. The van der Waals surface area contributed by atoms with Crippen molar-refractivity contribution in [2.45, 2.75) is 0 Å². The Labute approximate surface area is 638 Å². The Kier molecular flexibility index (Phi) is 15.6. The number of nitrogens with zero attached hydrogens (tertiary/aromatic N) is 4. The first-order chi connectivity index (χ1) is 53.4. The Morgan fingerprint density at radius 1 is 0.157 bits per heavy atom. The summed E-state index contributed by atoms with van der Waals surface area (Å²) in [4.78, 5) is 21.0. The molecule has 16 aromatic carbocycles. The topological polar surface area (TPSA) is 51.6 Å². The quantitative estimate of drug-likeness (QED) is 0.137. The summed E-state index contributed by atoms with van der Waals surface area (Å²) in [5, 5.41) is 15.2. The Hall–Kier alpha value is -12.9. The van der Waals surface area contributed by atoms with Crippen LogP contribution in [-0.4, -0.2) is 19.9 Å². The van der Waals surface area contributed by atoms with Crippen LogP contribution in [0.3, 0.4) is 0 Å². The normalized spacial score (nSPS) is 11.7. The van der Waals surface area contributed by atoms with Crippen molar-refractivity contribution in [2.24, 2.45) is 0 Å². The third-order valence-corrected chi connectivity index (χ3v) is 25.5. The van der Waals surface area contributed by atoms with Crippen molar-refractivity contribution in [3.8, 4) is 112 Å². The molecule has 0 aliphatic carbocycles. The number of hydrogen-bond acceptors (Lipinski definition) is 8. The van der Waals surface area contributed by atoms with Gasteiger partial charge in [0.05, 0.1) is 22.8 Å². The molecule has 0 aliphatic heterocycles. The molecule has 0 saturated heterocycles. The standard InChI is InChI=1S/2C50H30N2S2/c1-2-14-32(15-3-1)50-51-42(30-43(52-50)39-22-10-16-31-13-4-5-17-36(31)39)35-28-33(37-20-11-25-46-48(37)40-18-6-8-23-44(40)53-46)27-34(29-35)38-21-12-26-47-49(38)41-19-7-9-24-45(41)54-47;1-2-11-32(12-3-1)50-51-44(36-19-18-31-10-4-5-13-33(31)24-36)30-45(52-50)39-26-37(34-20-22-42-40-14-6-8-16-46(40)53-48(42)28-34)25-38(27-39)35-21-23-43-41-15-7-9-17-47(41)54-49(43)29-35/h2*1-30H. The maximum Gasteiger partial charge on any atom is 0.160 e. The van der Waals surface area contributed by atoms with Crippen molar-refractivity contribution in [3.63, 3.8) is 0 Å². The van der Waals surface area contributed by atoms with Crippen LogP contribution in [0.1, 0.15) is 0 Å². The third kappa shape index (κ3) is 11.5. The minimum atomic E-state index is 0.708. The molecule has 0 fully saturated rings. The lowest BCUT2D eigenvalue weighted by Crippen LogP contribution is -1.97. The fourth-order valence-corrected chi connectivity index (χ4v) is 20.3. The summed E-state index contributed by atoms with van der Waals surface area (Å²) in [7, 11) is 0. The average Bonchev–Trinajstić information content (AvgIpc) is 1.58. The highest BCUT2D eigenvalue weighted by atomic mass is 32.1. The van der Waals surface area contributed by atoms with Gasteiger partial charge >= 0.3 is 0 Å². The molecule has 0 aliphatic rings. The number of benzene rings is 16. The Morgan fingerprint density at radius 2 is 0.509 bits per heavy atom. The lowest BCUT2D eigenvalue weighted by molar-refractivity contribution is 1.18. The van der Waals surface area contributed by atoms with E-state index in [1.165, 1.54) is 136 Å². The van der Waals surface area contributed by atoms with Crippen LogP contribution >= 0.6 is 45.3 Å². The van der Waals surface area contributed by atoms with Crippen LogP contribution in [0.4, 0.5) is 0 Å². The smallest absolute Gasteiger partial charge is 0.160 e. The third-order valence-electron chi connectivity index (χ3n) is 20.9. The van der Waals surface area contributed by atoms with Crippen LogP contribution in [0.15, 0.2) is 364 Å². The summed E-state index contributed by atoms with van der Waals surface area (Å²) in [6.07, 6.45) is 0. The number of hydrogen-bond donors (Lipinski definition) is 0. The van der Waals surface area contributed by atoms with Gasteiger partial charge in [-0.15, -0.1) is 45.3 Å². The summed E-state index contributed by atoms with van der Waals surface area (Å²) < 4.78 is 10.4. The Morgan fingerprint density at radius 3 is 1.06 bits per heavy atom. The second kappa shape index (κ2) is 26.6. The van der Waals surface area contributed by atoms with Crippen LogP contribution in [0.5, 0.6) is 0 Å². The van der Waals surface area contributed by atoms with E-state index in [0.717, 1.165) is 67.3 Å². The maximum atomic E-state index is 5.35. The van der Waals surface area contributed by atoms with Gasteiger partial charge in [-0.25, -0.2) is 19.9 Å². The Bertz CT molecular complexity index is 7060. The van der Waals surface area contributed by atoms with Gasteiger partial charge in [0, 0.05) is 114 Å². The van der Waals surface area contributed by atoms with Crippen LogP contribution in [0, 0.1) is 0 Å². The minimum Gasteiger partial charge on any atom is -0.228 e. The summed E-state index contributed by atoms with van der Waals surface area (Å²) in [6, 6.07) is 131. The summed E-state index contributed by atoms with van der Waals surface area (Å²) >= 11 is 7.42. The number of thiophene rings is 4. The summed E-state index contributed by atoms with van der Waals surface area (Å²) in [5.74, 6) is 1.42. The molecule has 6 aromatic heterocycles. The molecular weight excluding hydrogens is 1390 g/mol. The second-order valence-electron chi connectivity index (χ2n) is 27.5. The van der Waals surface area contributed by atoms with Crippen molar-refractivity contribution in [2.75, 3.05) is 0 Å². The number of fused-ring (bicyclic) bond motifs is 14. The van der Waals surface area contributed by atoms with Crippen molar-refractivity contribution in [3.05, 3.63) is 364 Å². The molecule has 0 amide bonds. The van der Waals surface area contributed by atoms with E-state index in [-0.39, 0.29) is 0 Å². The largest absolute Gasteiger partial charge is 0.228 e. The fraction of sp³-hybridized carbons (Fsp3) is 0. The molecule has 8 heteroatoms. The van der Waals surface area contributed by atoms with Crippen LogP contribution < -0.4 is 0 Å². The molecule has 0 N–H and O–H groups in total. The molecule has 4 nitrogen and oxygen atoms in total. The van der Waals surface area contributed by atoms with Crippen LogP contribution in [0.2, 0.25) is 0 Å². The van der Waals surface area contributed by atoms with Gasteiger partial charge in [0.25, 0.3) is 0 Å². The lowest BCUT2D eigenvalue weighted by atomic mass is 9.91. The van der Waals surface area contributed by atoms with Crippen molar-refractivity contribution < 1.29 is 0 Å². The Balaban J connectivity index is 0.000000138. The van der Waals surface area contributed by atoms with E-state index in [1.54, 1.807) is 0 Å². The molecular formula is C100H60N4S4. The first-order valence-electron chi connectivity index (χ1n) is 36.3. The van der Waals surface area contributed by atoms with E-state index in [0.29, 0.717) is 11.6 Å². The first kappa shape index (κ1) is 63.5. The molecule has 0 saturated carbocycles. The van der Waals surface area contributed by atoms with Crippen molar-refractivity contribution >= 4 is 148 Å². The van der Waals surface area contributed by atoms with E-state index < -0.39 is 0 Å². The highest BCUT2D eigenvalue weighted by molar-refractivity contribution is 7.27. The molecule has 0 spiro atoms. The summed E-state index contributed by atoms with van der Waals surface area (Å²) in [6.45, 7) is 0. The maximum absolute atomic E-state index is 5.35. The van der Waals surface area contributed by atoms with E-state index in [1.807, 2.05) is 69.6 Å². The molecule has 504 valence electrons. The second-order valence-corrected chi connectivity index (χ2v) is 31.9. The van der Waals surface area contributed by atoms with E-state index in [9.17, 15) is 0 Å². The van der Waals surface area contributed by atoms with E-state index in [4.69, 9.17) is 19.9 Å². The fourth-order valence-electron chi connectivity index (χ4n) is 15.7. The highest BCUT2D eigenvalue weighted by Gasteiger charge is 2.21. The van der Waals surface area contributed by atoms with Crippen LogP contribution in [-0.2, 0) is 0 Å². The highest BCUT2D eigenvalue weighted by Crippen LogP contribution is 2.47. The van der Waals surface area contributed by atoms with E-state index in [2.05, 4.69) is 340 Å². The predicted molar refractivity (Wildman–Crippen MR) is 465 cm³/mol. The number of rotatable bonds is 10. The molecule has 6 heterocycles. The van der Waals surface area contributed by atoms with E-state index >= 15 is 0 Å². The molecule has 22 aromatic rings. The van der Waals surface area contributed by atoms with Crippen LogP contribution in [0.25, 0.3) is 215 Å². The molecule has 0 unspecified atom stereocenters. The van der Waals surface area contributed by atoms with Gasteiger partial charge in [-0.1, -0.05) is 261 Å². The van der Waals surface area contributed by atoms with Gasteiger partial charge in [-0.3, -0.25) is 0 Å².